The maximum atomic E-state index is 14.9. The third kappa shape index (κ3) is 11.8. The summed E-state index contributed by atoms with van der Waals surface area (Å²) in [4.78, 5) is 44.9. The summed E-state index contributed by atoms with van der Waals surface area (Å²) in [7, 11) is 0. The van der Waals surface area contributed by atoms with E-state index >= 15 is 0 Å². The molecule has 2 amide bonds. The molecule has 0 aliphatic rings. The molecule has 2 unspecified atom stereocenters. The highest BCUT2D eigenvalue weighted by Crippen LogP contribution is 2.34. The molecule has 0 saturated heterocycles. The van der Waals surface area contributed by atoms with Crippen LogP contribution in [0.1, 0.15) is 63.9 Å². The van der Waals surface area contributed by atoms with Crippen molar-refractivity contribution in [1.82, 2.24) is 10.6 Å². The lowest BCUT2D eigenvalue weighted by atomic mass is 9.89. The van der Waals surface area contributed by atoms with Crippen LogP contribution in [0.4, 0.5) is 17.6 Å². The van der Waals surface area contributed by atoms with E-state index < -0.39 is 75.8 Å². The van der Waals surface area contributed by atoms with Gasteiger partial charge in [-0.3, -0.25) is 19.2 Å². The normalized spacial score (nSPS) is 12.6. The second kappa shape index (κ2) is 17.7. The van der Waals surface area contributed by atoms with E-state index in [-0.39, 0.29) is 43.4 Å². The number of hydrogen-bond donors (Lipinski definition) is 5. The number of carbonyl (C=O) groups is 4. The summed E-state index contributed by atoms with van der Waals surface area (Å²) in [5.74, 6) is -11.5. The van der Waals surface area contributed by atoms with Crippen molar-refractivity contribution in [2.75, 3.05) is 18.8 Å². The van der Waals surface area contributed by atoms with Crippen LogP contribution in [-0.2, 0) is 25.6 Å². The second-order valence-electron chi connectivity index (χ2n) is 9.00. The van der Waals surface area contributed by atoms with E-state index in [0.29, 0.717) is 25.8 Å². The first-order chi connectivity index (χ1) is 18.4. The first kappa shape index (κ1) is 34.2. The predicted octanol–water partition coefficient (Wildman–Crippen LogP) is 3.36. The third-order valence-corrected chi connectivity index (χ3v) is 6.99. The van der Waals surface area contributed by atoms with Gasteiger partial charge < -0.3 is 26.6 Å². The summed E-state index contributed by atoms with van der Waals surface area (Å²) in [6, 6.07) is -1.54. The van der Waals surface area contributed by atoms with Gasteiger partial charge in [-0.2, -0.15) is 0 Å². The predicted molar refractivity (Wildman–Crippen MR) is 136 cm³/mol. The van der Waals surface area contributed by atoms with Gasteiger partial charge in [-0.25, -0.2) is 17.6 Å². The first-order valence-electron chi connectivity index (χ1n) is 12.6. The van der Waals surface area contributed by atoms with Gasteiger partial charge in [-0.15, -0.1) is 11.8 Å². The number of hydrogen-bond acceptors (Lipinski definition) is 6. The number of rotatable bonds is 19. The van der Waals surface area contributed by atoms with E-state index in [4.69, 9.17) is 15.9 Å². The lowest BCUT2D eigenvalue weighted by molar-refractivity contribution is -0.138. The molecule has 0 aliphatic carbocycles. The van der Waals surface area contributed by atoms with Crippen molar-refractivity contribution < 1.29 is 47.0 Å². The Kier molecular flexibility index (Phi) is 15.5. The smallest absolute Gasteiger partial charge is 0.322 e. The summed E-state index contributed by atoms with van der Waals surface area (Å²) in [6.45, 7) is 1.49. The molecular weight excluding hydrogens is 546 g/mol. The maximum Gasteiger partial charge on any atom is 0.322 e. The highest BCUT2D eigenvalue weighted by Gasteiger charge is 2.29. The molecule has 0 saturated carbocycles. The minimum atomic E-state index is -1.64. The molecule has 6 N–H and O–H groups in total. The van der Waals surface area contributed by atoms with Gasteiger partial charge >= 0.3 is 11.9 Å². The zero-order valence-corrected chi connectivity index (χ0v) is 22.5. The van der Waals surface area contributed by atoms with Crippen LogP contribution in [0.25, 0.3) is 0 Å². The number of carboxylic acid groups (broad SMARTS) is 2. The van der Waals surface area contributed by atoms with Gasteiger partial charge in [0, 0.05) is 24.2 Å². The Balaban J connectivity index is 3.13. The van der Waals surface area contributed by atoms with E-state index in [0.717, 1.165) is 12.8 Å². The van der Waals surface area contributed by atoms with Crippen molar-refractivity contribution in [1.29, 1.82) is 0 Å². The van der Waals surface area contributed by atoms with Crippen molar-refractivity contribution in [2.45, 2.75) is 75.6 Å². The van der Waals surface area contributed by atoms with Crippen LogP contribution in [0, 0.1) is 29.2 Å². The number of carboxylic acids is 2. The molecule has 0 radical (unpaired) electrons. The largest absolute Gasteiger partial charge is 0.481 e. The number of halogens is 4. The molecule has 0 heterocycles. The average molecular weight is 582 g/mol. The van der Waals surface area contributed by atoms with Gasteiger partial charge in [-0.05, 0) is 38.1 Å². The summed E-state index contributed by atoms with van der Waals surface area (Å²) < 4.78 is 59.7. The number of nitrogens with two attached hydrogens (primary N) is 1. The molecule has 0 aromatic heterocycles. The number of unbranched alkanes of at least 4 members (excludes halogenated alkanes) is 1. The van der Waals surface area contributed by atoms with Gasteiger partial charge in [0.2, 0.25) is 11.8 Å². The fourth-order valence-electron chi connectivity index (χ4n) is 3.80. The third-order valence-electron chi connectivity index (χ3n) is 5.84. The van der Waals surface area contributed by atoms with Crippen LogP contribution < -0.4 is 16.4 Å². The van der Waals surface area contributed by atoms with Crippen LogP contribution >= 0.6 is 11.8 Å². The zero-order valence-electron chi connectivity index (χ0n) is 21.7. The molecule has 1 aromatic rings. The van der Waals surface area contributed by atoms with Crippen molar-refractivity contribution in [2.24, 2.45) is 11.7 Å². The molecule has 2 atom stereocenters. The molecule has 0 fully saturated rings. The van der Waals surface area contributed by atoms with Gasteiger partial charge in [-0.1, -0.05) is 26.2 Å². The van der Waals surface area contributed by atoms with Crippen molar-refractivity contribution >= 4 is 35.5 Å². The fourth-order valence-corrected chi connectivity index (χ4v) is 4.80. The molecule has 9 nitrogen and oxygen atoms in total. The molecule has 1 aromatic carbocycles. The fraction of sp³-hybridized carbons (Fsp3) is 0.600. The van der Waals surface area contributed by atoms with Gasteiger partial charge in [0.1, 0.15) is 12.6 Å². The topological polar surface area (TPSA) is 159 Å². The van der Waals surface area contributed by atoms with Crippen LogP contribution in [0.5, 0.6) is 0 Å². The number of benzene rings is 1. The Bertz CT molecular complexity index is 978. The highest BCUT2D eigenvalue weighted by atomic mass is 32.2. The summed E-state index contributed by atoms with van der Waals surface area (Å²) >= 11 is 0.235. The Morgan fingerprint density at radius 3 is 2.05 bits per heavy atom. The van der Waals surface area contributed by atoms with E-state index in [1.807, 2.05) is 12.2 Å². The monoisotopic (exact) mass is 581 g/mol. The zero-order chi connectivity index (χ0) is 29.5. The molecule has 0 bridgehead atoms. The minimum absolute atomic E-state index is 0.0660. The van der Waals surface area contributed by atoms with E-state index in [2.05, 4.69) is 5.32 Å². The van der Waals surface area contributed by atoms with Crippen LogP contribution in [0.2, 0.25) is 0 Å². The Labute approximate surface area is 228 Å². The van der Waals surface area contributed by atoms with Crippen LogP contribution in [0.15, 0.2) is 4.90 Å². The summed E-state index contributed by atoms with van der Waals surface area (Å²) in [6.07, 6.45) is 2.41. The molecule has 0 aliphatic heterocycles. The van der Waals surface area contributed by atoms with Gasteiger partial charge in [0.25, 0.3) is 0 Å². The highest BCUT2D eigenvalue weighted by molar-refractivity contribution is 7.99. The number of thioether (sulfide) groups is 1. The Hall–Kier alpha value is -2.87. The standard InChI is InChI=1S/C25H35F4N3O6S/c1-2-3-6-14(7-5-10-30)11-15-20(26)22(28)24(23(29)21(15)27)39-13-16(25(38)31-12-19(36)37)32-17(33)8-4-9-18(34)35/h14,16H,2-13,30H2,1H3,(H,31,38)(H,32,33)(H,34,35)(H,36,37). The van der Waals surface area contributed by atoms with Crippen molar-refractivity contribution in [3.63, 3.8) is 0 Å². The second-order valence-corrected chi connectivity index (χ2v) is 10.0. The molecule has 39 heavy (non-hydrogen) atoms. The number of nitrogens with one attached hydrogen (secondary N) is 2. The van der Waals surface area contributed by atoms with Crippen molar-refractivity contribution in [3.8, 4) is 0 Å². The Morgan fingerprint density at radius 1 is 0.897 bits per heavy atom. The molecule has 0 spiro atoms. The van der Waals surface area contributed by atoms with Crippen molar-refractivity contribution in [3.05, 3.63) is 28.8 Å². The maximum absolute atomic E-state index is 14.9. The van der Waals surface area contributed by atoms with Crippen LogP contribution in [-0.4, -0.2) is 58.9 Å². The molecule has 14 heteroatoms. The average Bonchev–Trinajstić information content (AvgIpc) is 2.88. The lowest BCUT2D eigenvalue weighted by Crippen LogP contribution is -2.49. The SMILES string of the molecule is CCCCC(CCCN)Cc1c(F)c(F)c(SCC(NC(=O)CCCC(=O)O)C(=O)NCC(=O)O)c(F)c1F. The number of aliphatic carboxylic acids is 2. The summed E-state index contributed by atoms with van der Waals surface area (Å²) in [5, 5.41) is 21.7. The molecular formula is C25H35F4N3O6S. The number of carbonyl (C=O) groups excluding carboxylic acids is 2. The van der Waals surface area contributed by atoms with E-state index in [9.17, 15) is 36.7 Å². The molecule has 220 valence electrons. The quantitative estimate of drug-likeness (QED) is 0.0945. The molecule has 1 rings (SSSR count). The minimum Gasteiger partial charge on any atom is -0.481 e. The van der Waals surface area contributed by atoms with E-state index in [1.54, 1.807) is 0 Å². The first-order valence-corrected chi connectivity index (χ1v) is 13.6. The van der Waals surface area contributed by atoms with Gasteiger partial charge in [0.15, 0.2) is 23.3 Å². The summed E-state index contributed by atoms with van der Waals surface area (Å²) in [5.41, 5.74) is 4.81. The Morgan fingerprint density at radius 2 is 1.51 bits per heavy atom. The van der Waals surface area contributed by atoms with E-state index in [1.165, 1.54) is 0 Å². The number of amides is 2. The lowest BCUT2D eigenvalue weighted by Gasteiger charge is -2.20. The van der Waals surface area contributed by atoms with Gasteiger partial charge in [0.05, 0.1) is 4.90 Å². The van der Waals surface area contributed by atoms with Crippen LogP contribution in [0.3, 0.4) is 0 Å².